The fourth-order valence-corrected chi connectivity index (χ4v) is 6.03. The van der Waals surface area contributed by atoms with Gasteiger partial charge < -0.3 is 9.80 Å². The molecule has 3 aromatic rings. The van der Waals surface area contributed by atoms with E-state index in [-0.39, 0.29) is 23.9 Å². The van der Waals surface area contributed by atoms with Crippen LogP contribution in [-0.4, -0.2) is 56.3 Å². The maximum atomic E-state index is 13.5. The van der Waals surface area contributed by atoms with Crippen molar-refractivity contribution in [2.45, 2.75) is 11.4 Å². The van der Waals surface area contributed by atoms with Crippen LogP contribution in [0.15, 0.2) is 82.2 Å². The molecule has 1 aliphatic heterocycles. The molecule has 6 nitrogen and oxygen atoms in total. The van der Waals surface area contributed by atoms with Crippen molar-refractivity contribution < 1.29 is 13.2 Å². The van der Waals surface area contributed by atoms with Gasteiger partial charge in [-0.2, -0.15) is 4.31 Å². The Hall–Kier alpha value is -2.10. The van der Waals surface area contributed by atoms with Gasteiger partial charge >= 0.3 is 0 Å². The van der Waals surface area contributed by atoms with Crippen molar-refractivity contribution in [2.24, 2.45) is 0 Å². The average molecular weight is 597 g/mol. The first-order chi connectivity index (χ1) is 16.7. The third kappa shape index (κ3) is 6.37. The summed E-state index contributed by atoms with van der Waals surface area (Å²) in [5, 5.41) is 0.797. The van der Waals surface area contributed by atoms with Gasteiger partial charge in [0.25, 0.3) is 0 Å². The van der Waals surface area contributed by atoms with Gasteiger partial charge in [0.1, 0.15) is 0 Å². The number of carbonyl (C=O) groups excluding carboxylic acids is 1. The van der Waals surface area contributed by atoms with E-state index in [1.807, 2.05) is 30.3 Å². The molecule has 1 heterocycles. The number of carbonyl (C=O) groups is 1. The van der Waals surface area contributed by atoms with E-state index in [1.54, 1.807) is 35.2 Å². The van der Waals surface area contributed by atoms with Crippen LogP contribution in [0.3, 0.4) is 0 Å². The minimum absolute atomic E-state index is 0.0515. The largest absolute Gasteiger partial charge is 0.368 e. The van der Waals surface area contributed by atoms with Gasteiger partial charge in [0.15, 0.2) is 0 Å². The zero-order chi connectivity index (χ0) is 25.0. The van der Waals surface area contributed by atoms with E-state index in [4.69, 9.17) is 23.2 Å². The zero-order valence-corrected chi connectivity index (χ0v) is 22.7. The number of rotatable bonds is 7. The Morgan fingerprint density at radius 3 is 2.20 bits per heavy atom. The van der Waals surface area contributed by atoms with Crippen molar-refractivity contribution in [1.82, 2.24) is 9.21 Å². The highest BCUT2D eigenvalue weighted by Crippen LogP contribution is 2.26. The van der Waals surface area contributed by atoms with Crippen molar-refractivity contribution >= 4 is 60.7 Å². The van der Waals surface area contributed by atoms with Crippen LogP contribution in [0.1, 0.15) is 5.56 Å². The second-order valence-electron chi connectivity index (χ2n) is 8.17. The number of nitrogens with zero attached hydrogens (tertiary/aromatic N) is 3. The molecule has 0 atom stereocenters. The number of halogens is 3. The third-order valence-electron chi connectivity index (χ3n) is 5.88. The summed E-state index contributed by atoms with van der Waals surface area (Å²) in [5.41, 5.74) is 1.68. The number of anilines is 1. The standard InChI is InChI=1S/C25H24BrCl2N3O3S/c26-20-7-10-23(11-8-20)35(33,34)31(17-19-6-9-21(27)16-24(19)28)18-25(32)30-14-12-29(13-15-30)22-4-2-1-3-5-22/h1-11,16H,12-15,17-18H2. The monoisotopic (exact) mass is 595 g/mol. The normalized spacial score (nSPS) is 14.4. The van der Waals surface area contributed by atoms with Crippen LogP contribution in [0.5, 0.6) is 0 Å². The molecule has 0 saturated carbocycles. The molecule has 1 aliphatic rings. The number of para-hydroxylation sites is 1. The van der Waals surface area contributed by atoms with Crippen LogP contribution < -0.4 is 4.90 Å². The highest BCUT2D eigenvalue weighted by atomic mass is 79.9. The molecule has 0 spiro atoms. The van der Waals surface area contributed by atoms with Crippen molar-refractivity contribution in [3.8, 4) is 0 Å². The molecule has 0 unspecified atom stereocenters. The van der Waals surface area contributed by atoms with Gasteiger partial charge in [0.2, 0.25) is 15.9 Å². The molecule has 0 bridgehead atoms. The summed E-state index contributed by atoms with van der Waals surface area (Å²) in [6.45, 7) is 2.05. The zero-order valence-electron chi connectivity index (χ0n) is 18.8. The van der Waals surface area contributed by atoms with E-state index >= 15 is 0 Å². The Bertz CT molecular complexity index is 1280. The molecule has 0 aliphatic carbocycles. The highest BCUT2D eigenvalue weighted by Gasteiger charge is 2.30. The van der Waals surface area contributed by atoms with Crippen LogP contribution in [0, 0.1) is 0 Å². The fraction of sp³-hybridized carbons (Fsp3) is 0.240. The Balaban J connectivity index is 1.53. The smallest absolute Gasteiger partial charge is 0.243 e. The molecule has 1 saturated heterocycles. The van der Waals surface area contributed by atoms with Crippen molar-refractivity contribution in [2.75, 3.05) is 37.6 Å². The number of piperazine rings is 1. The Kier molecular flexibility index (Phi) is 8.39. The highest BCUT2D eigenvalue weighted by molar-refractivity contribution is 9.10. The first-order valence-corrected chi connectivity index (χ1v) is 14.0. The summed E-state index contributed by atoms with van der Waals surface area (Å²) in [4.78, 5) is 17.3. The predicted octanol–water partition coefficient (Wildman–Crippen LogP) is 5.30. The van der Waals surface area contributed by atoms with E-state index < -0.39 is 10.0 Å². The van der Waals surface area contributed by atoms with Gasteiger partial charge in [-0.05, 0) is 54.1 Å². The summed E-state index contributed by atoms with van der Waals surface area (Å²) in [5.74, 6) is -0.247. The maximum Gasteiger partial charge on any atom is 0.243 e. The number of benzene rings is 3. The van der Waals surface area contributed by atoms with E-state index in [0.717, 1.165) is 10.2 Å². The van der Waals surface area contributed by atoms with Gasteiger partial charge in [-0.25, -0.2) is 8.42 Å². The number of hydrogen-bond acceptors (Lipinski definition) is 4. The van der Waals surface area contributed by atoms with Crippen LogP contribution >= 0.6 is 39.1 Å². The Morgan fingerprint density at radius 2 is 1.57 bits per heavy atom. The maximum absolute atomic E-state index is 13.5. The lowest BCUT2D eigenvalue weighted by Gasteiger charge is -2.37. The van der Waals surface area contributed by atoms with E-state index in [2.05, 4.69) is 20.8 Å². The minimum atomic E-state index is -3.97. The molecule has 1 fully saturated rings. The summed E-state index contributed by atoms with van der Waals surface area (Å²) in [7, 11) is -3.97. The van der Waals surface area contributed by atoms with Crippen LogP contribution in [0.4, 0.5) is 5.69 Å². The number of sulfonamides is 1. The van der Waals surface area contributed by atoms with Gasteiger partial charge in [-0.3, -0.25) is 4.79 Å². The molecule has 3 aromatic carbocycles. The van der Waals surface area contributed by atoms with E-state index in [0.29, 0.717) is 41.8 Å². The molecule has 35 heavy (non-hydrogen) atoms. The quantitative estimate of drug-likeness (QED) is 0.372. The number of hydrogen-bond donors (Lipinski definition) is 0. The number of amides is 1. The van der Waals surface area contributed by atoms with Gasteiger partial charge in [0.05, 0.1) is 11.4 Å². The SMILES string of the molecule is O=C(CN(Cc1ccc(Cl)cc1Cl)S(=O)(=O)c1ccc(Br)cc1)N1CCN(c2ccccc2)CC1. The molecular formula is C25H24BrCl2N3O3S. The Labute approximate surface area is 224 Å². The summed E-state index contributed by atoms with van der Waals surface area (Å²) in [6, 6.07) is 21.3. The van der Waals surface area contributed by atoms with Crippen LogP contribution in [0.25, 0.3) is 0 Å². The Morgan fingerprint density at radius 1 is 0.914 bits per heavy atom. The predicted molar refractivity (Wildman–Crippen MR) is 143 cm³/mol. The fourth-order valence-electron chi connectivity index (χ4n) is 3.93. The van der Waals surface area contributed by atoms with E-state index in [9.17, 15) is 13.2 Å². The first kappa shape index (κ1) is 26.0. The van der Waals surface area contributed by atoms with Gasteiger partial charge in [-0.15, -0.1) is 0 Å². The summed E-state index contributed by atoms with van der Waals surface area (Å²) in [6.07, 6.45) is 0. The third-order valence-corrected chi connectivity index (χ3v) is 8.80. The lowest BCUT2D eigenvalue weighted by Crippen LogP contribution is -2.51. The summed E-state index contributed by atoms with van der Waals surface area (Å²) >= 11 is 15.7. The van der Waals surface area contributed by atoms with Crippen molar-refractivity contribution in [1.29, 1.82) is 0 Å². The van der Waals surface area contributed by atoms with Crippen LogP contribution in [-0.2, 0) is 21.4 Å². The average Bonchev–Trinajstić information content (AvgIpc) is 2.86. The van der Waals surface area contributed by atoms with Crippen LogP contribution in [0.2, 0.25) is 10.0 Å². The molecular weight excluding hydrogens is 573 g/mol. The van der Waals surface area contributed by atoms with Gasteiger partial charge in [-0.1, -0.05) is 63.4 Å². The molecule has 0 N–H and O–H groups in total. The molecule has 10 heteroatoms. The molecule has 0 aromatic heterocycles. The summed E-state index contributed by atoms with van der Waals surface area (Å²) < 4.78 is 29.0. The first-order valence-electron chi connectivity index (χ1n) is 11.0. The second kappa shape index (κ2) is 11.3. The van der Waals surface area contributed by atoms with Gasteiger partial charge in [0, 0.05) is 52.9 Å². The minimum Gasteiger partial charge on any atom is -0.368 e. The molecule has 0 radical (unpaired) electrons. The van der Waals surface area contributed by atoms with Crippen molar-refractivity contribution in [3.05, 3.63) is 92.9 Å². The lowest BCUT2D eigenvalue weighted by molar-refractivity contribution is -0.131. The second-order valence-corrected chi connectivity index (χ2v) is 11.9. The lowest BCUT2D eigenvalue weighted by atomic mass is 10.2. The topological polar surface area (TPSA) is 60.9 Å². The van der Waals surface area contributed by atoms with Crippen molar-refractivity contribution in [3.63, 3.8) is 0 Å². The van der Waals surface area contributed by atoms with E-state index in [1.165, 1.54) is 16.4 Å². The molecule has 4 rings (SSSR count). The molecule has 1 amide bonds. The molecule has 184 valence electrons.